The van der Waals surface area contributed by atoms with Crippen LogP contribution in [0.3, 0.4) is 0 Å². The molecule has 0 radical (unpaired) electrons. The third-order valence-corrected chi connectivity index (χ3v) is 9.72. The summed E-state index contributed by atoms with van der Waals surface area (Å²) in [5.74, 6) is 1.45. The normalized spacial score (nSPS) is 20.7. The van der Waals surface area contributed by atoms with Crippen molar-refractivity contribution in [3.05, 3.63) is 34.9 Å². The van der Waals surface area contributed by atoms with Crippen LogP contribution in [-0.2, 0) is 14.9 Å². The number of esters is 1. The molecule has 1 heterocycles. The van der Waals surface area contributed by atoms with E-state index < -0.39 is 0 Å². The molecule has 1 unspecified atom stereocenters. The number of aromatic hydroxyl groups is 1. The van der Waals surface area contributed by atoms with Gasteiger partial charge in [-0.2, -0.15) is 0 Å². The van der Waals surface area contributed by atoms with Crippen LogP contribution in [-0.4, -0.2) is 53.9 Å². The summed E-state index contributed by atoms with van der Waals surface area (Å²) in [6.45, 7) is 21.1. The van der Waals surface area contributed by atoms with E-state index in [1.54, 1.807) is 0 Å². The number of quaternary nitrogens is 1. The van der Waals surface area contributed by atoms with Gasteiger partial charge in [-0.3, -0.25) is 0 Å². The highest BCUT2D eigenvalue weighted by Crippen LogP contribution is 2.55. The standard InChI is InChI=1S/C33H53NO4/c1-9-13-14-15-18-32(5,6)25-20-28(35)31-26-19-24(16-17-27(26)33(7,8)38-29(31)21-25)23-37-30(36)22-34(10-2,11-3)12-4/h16,20-21,26-27H,9-15,17-19,22-23H2,1-8H3/p+1/t26-,27?/m0/s1. The fourth-order valence-corrected chi connectivity index (χ4v) is 6.61. The van der Waals surface area contributed by atoms with Crippen LogP contribution in [0.5, 0.6) is 11.5 Å². The van der Waals surface area contributed by atoms with Crippen LogP contribution < -0.4 is 4.74 Å². The Morgan fingerprint density at radius 3 is 2.42 bits per heavy atom. The van der Waals surface area contributed by atoms with Gasteiger partial charge in [0.2, 0.25) is 0 Å². The van der Waals surface area contributed by atoms with Gasteiger partial charge < -0.3 is 19.1 Å². The number of unbranched alkanes of at least 4 members (excludes halogenated alkanes) is 3. The van der Waals surface area contributed by atoms with Gasteiger partial charge in [0.15, 0.2) is 6.54 Å². The molecule has 1 aromatic rings. The summed E-state index contributed by atoms with van der Waals surface area (Å²) in [5, 5.41) is 11.3. The number of hydrogen-bond donors (Lipinski definition) is 1. The van der Waals surface area contributed by atoms with Crippen LogP contribution in [0.1, 0.15) is 117 Å². The molecule has 0 amide bonds. The minimum absolute atomic E-state index is 0.0281. The molecule has 0 saturated carbocycles. The molecule has 2 atom stereocenters. The molecule has 3 rings (SSSR count). The van der Waals surface area contributed by atoms with Crippen molar-refractivity contribution in [3.8, 4) is 11.5 Å². The van der Waals surface area contributed by atoms with E-state index in [9.17, 15) is 9.90 Å². The monoisotopic (exact) mass is 528 g/mol. The number of hydrogen-bond acceptors (Lipinski definition) is 4. The average Bonchev–Trinajstić information content (AvgIpc) is 2.88. The number of allylic oxidation sites excluding steroid dienone is 1. The Labute approximate surface area is 232 Å². The number of phenols is 1. The summed E-state index contributed by atoms with van der Waals surface area (Å²) in [6.07, 6.45) is 9.90. The molecule has 5 heteroatoms. The first-order chi connectivity index (χ1) is 17.9. The Morgan fingerprint density at radius 2 is 1.79 bits per heavy atom. The molecule has 214 valence electrons. The predicted molar refractivity (Wildman–Crippen MR) is 156 cm³/mol. The van der Waals surface area contributed by atoms with Crippen LogP contribution in [0.25, 0.3) is 0 Å². The zero-order valence-corrected chi connectivity index (χ0v) is 25.5. The number of ether oxygens (including phenoxy) is 2. The molecule has 0 saturated heterocycles. The Morgan fingerprint density at radius 1 is 1.11 bits per heavy atom. The first-order valence-corrected chi connectivity index (χ1v) is 15.2. The van der Waals surface area contributed by atoms with Crippen molar-refractivity contribution in [2.24, 2.45) is 5.92 Å². The Bertz CT molecular complexity index is 981. The minimum atomic E-state index is -0.340. The topological polar surface area (TPSA) is 55.8 Å². The van der Waals surface area contributed by atoms with E-state index in [0.717, 1.165) is 65.8 Å². The maximum Gasteiger partial charge on any atom is 0.362 e. The molecule has 38 heavy (non-hydrogen) atoms. The van der Waals surface area contributed by atoms with Crippen LogP contribution in [0.4, 0.5) is 0 Å². The molecule has 1 aliphatic carbocycles. The number of phenolic OH excluding ortho intramolecular Hbond substituents is 1. The van der Waals surface area contributed by atoms with Gasteiger partial charge in [-0.05, 0) is 82.6 Å². The zero-order chi connectivity index (χ0) is 28.1. The quantitative estimate of drug-likeness (QED) is 0.124. The zero-order valence-electron chi connectivity index (χ0n) is 25.5. The van der Waals surface area contributed by atoms with Crippen molar-refractivity contribution in [1.82, 2.24) is 0 Å². The predicted octanol–water partition coefficient (Wildman–Crippen LogP) is 7.65. The molecule has 1 aromatic carbocycles. The number of carbonyl (C=O) groups excluding carboxylic acids is 1. The van der Waals surface area contributed by atoms with Gasteiger partial charge in [-0.1, -0.05) is 52.5 Å². The molecule has 0 spiro atoms. The maximum absolute atomic E-state index is 12.7. The van der Waals surface area contributed by atoms with E-state index in [4.69, 9.17) is 9.47 Å². The van der Waals surface area contributed by atoms with Crippen LogP contribution >= 0.6 is 0 Å². The fourth-order valence-electron chi connectivity index (χ4n) is 6.61. The maximum atomic E-state index is 12.7. The molecule has 0 aromatic heterocycles. The SMILES string of the molecule is CCCCCCC(C)(C)c1cc(O)c2c(c1)OC(C)(C)C1CC=C(COC(=O)C[N+](CC)(CC)CC)C[C@H]21. The fraction of sp³-hybridized carbons (Fsp3) is 0.727. The highest BCUT2D eigenvalue weighted by Gasteiger charge is 2.46. The average molecular weight is 529 g/mol. The molecule has 1 N–H and O–H groups in total. The van der Waals surface area contributed by atoms with Crippen molar-refractivity contribution < 1.29 is 23.9 Å². The van der Waals surface area contributed by atoms with Gasteiger partial charge in [0.1, 0.15) is 23.7 Å². The lowest BCUT2D eigenvalue weighted by atomic mass is 9.66. The number of rotatable bonds is 13. The summed E-state index contributed by atoms with van der Waals surface area (Å²) in [4.78, 5) is 12.7. The minimum Gasteiger partial charge on any atom is -0.508 e. The summed E-state index contributed by atoms with van der Waals surface area (Å²) in [7, 11) is 0. The third-order valence-electron chi connectivity index (χ3n) is 9.72. The second-order valence-electron chi connectivity index (χ2n) is 12.9. The lowest BCUT2D eigenvalue weighted by Crippen LogP contribution is -2.51. The summed E-state index contributed by atoms with van der Waals surface area (Å²) >= 11 is 0. The first-order valence-electron chi connectivity index (χ1n) is 15.2. The lowest BCUT2D eigenvalue weighted by Gasteiger charge is -2.47. The number of carbonyl (C=O) groups is 1. The van der Waals surface area contributed by atoms with Crippen molar-refractivity contribution in [2.75, 3.05) is 32.8 Å². The van der Waals surface area contributed by atoms with E-state index in [1.165, 1.54) is 25.7 Å². The molecular weight excluding hydrogens is 474 g/mol. The molecular formula is C33H54NO4+. The summed E-state index contributed by atoms with van der Waals surface area (Å²) < 4.78 is 13.1. The first kappa shape index (κ1) is 30.5. The smallest absolute Gasteiger partial charge is 0.362 e. The Hall–Kier alpha value is -2.01. The molecule has 5 nitrogen and oxygen atoms in total. The number of likely N-dealkylation sites (N-methyl/N-ethyl adjacent to an activating group) is 1. The van der Waals surface area contributed by atoms with Gasteiger partial charge in [0.05, 0.1) is 19.6 Å². The van der Waals surface area contributed by atoms with Gasteiger partial charge in [0, 0.05) is 17.4 Å². The summed E-state index contributed by atoms with van der Waals surface area (Å²) in [6, 6.07) is 4.16. The van der Waals surface area contributed by atoms with E-state index >= 15 is 0 Å². The van der Waals surface area contributed by atoms with Gasteiger partial charge in [-0.25, -0.2) is 4.79 Å². The van der Waals surface area contributed by atoms with Crippen molar-refractivity contribution in [2.45, 2.75) is 117 Å². The Balaban J connectivity index is 1.77. The molecule has 2 aliphatic rings. The van der Waals surface area contributed by atoms with Gasteiger partial charge in [-0.15, -0.1) is 0 Å². The van der Waals surface area contributed by atoms with Crippen molar-refractivity contribution in [3.63, 3.8) is 0 Å². The highest BCUT2D eigenvalue weighted by molar-refractivity contribution is 5.70. The van der Waals surface area contributed by atoms with E-state index in [0.29, 0.717) is 18.9 Å². The lowest BCUT2D eigenvalue weighted by molar-refractivity contribution is -0.916. The van der Waals surface area contributed by atoms with Crippen molar-refractivity contribution >= 4 is 5.97 Å². The van der Waals surface area contributed by atoms with Gasteiger partial charge in [0.25, 0.3) is 0 Å². The van der Waals surface area contributed by atoms with E-state index in [-0.39, 0.29) is 28.8 Å². The van der Waals surface area contributed by atoms with Crippen LogP contribution in [0.2, 0.25) is 0 Å². The van der Waals surface area contributed by atoms with Crippen LogP contribution in [0, 0.1) is 5.92 Å². The largest absolute Gasteiger partial charge is 0.508 e. The number of fused-ring (bicyclic) bond motifs is 3. The highest BCUT2D eigenvalue weighted by atomic mass is 16.5. The number of benzene rings is 1. The van der Waals surface area contributed by atoms with Crippen LogP contribution in [0.15, 0.2) is 23.8 Å². The Kier molecular flexibility index (Phi) is 10.00. The molecule has 1 aliphatic heterocycles. The second kappa shape index (κ2) is 12.4. The summed E-state index contributed by atoms with van der Waals surface area (Å²) in [5.41, 5.74) is 2.85. The van der Waals surface area contributed by atoms with E-state index in [2.05, 4.69) is 67.5 Å². The second-order valence-corrected chi connectivity index (χ2v) is 12.9. The van der Waals surface area contributed by atoms with Gasteiger partial charge >= 0.3 is 5.97 Å². The third kappa shape index (κ3) is 6.76. The number of nitrogens with zero attached hydrogens (tertiary/aromatic N) is 1. The molecule has 0 bridgehead atoms. The van der Waals surface area contributed by atoms with E-state index in [1.807, 2.05) is 6.07 Å². The molecule has 0 fully saturated rings. The van der Waals surface area contributed by atoms with Crippen molar-refractivity contribution in [1.29, 1.82) is 0 Å².